The molecular weight excluding hydrogens is 188 g/mol. The molecule has 0 radical (unpaired) electrons. The van der Waals surface area contributed by atoms with Gasteiger partial charge in [0.2, 0.25) is 0 Å². The zero-order chi connectivity index (χ0) is 8.97. The van der Waals surface area contributed by atoms with Crippen LogP contribution in [0.4, 0.5) is 0 Å². The van der Waals surface area contributed by atoms with Gasteiger partial charge in [-0.3, -0.25) is 9.69 Å². The summed E-state index contributed by atoms with van der Waals surface area (Å²) in [7, 11) is 0. The van der Waals surface area contributed by atoms with Crippen molar-refractivity contribution in [3.8, 4) is 0 Å². The van der Waals surface area contributed by atoms with Gasteiger partial charge in [0.25, 0.3) is 5.91 Å². The standard InChI is InChI=1S/C9H16N2O.ClH/c1-2-3-6-11-7-4-5-8(11)9(10)12;/h3,6,8H,2,4-5,7H2,1H3,(H2,10,12);1H/b6-3+;/t8-;/m0./s1. The topological polar surface area (TPSA) is 47.5 Å². The average Bonchev–Trinajstić information content (AvgIpc) is 2.48. The average molecular weight is 205 g/mol. The summed E-state index contributed by atoms with van der Waals surface area (Å²) in [4.78, 5) is 12.2. The van der Waals surface area contributed by atoms with E-state index in [0.717, 1.165) is 25.8 Å². The highest BCUT2D eigenvalue weighted by molar-refractivity contribution is 5.78. The maximum Gasteiger partial charge on any atom is 0.276 e. The second-order valence-corrected chi connectivity index (χ2v) is 3.23. The molecule has 0 aromatic heterocycles. The largest absolute Gasteiger partial charge is 1.00 e. The minimum absolute atomic E-state index is 0. The molecule has 3 nitrogen and oxygen atoms in total. The van der Waals surface area contributed by atoms with Gasteiger partial charge in [-0.25, -0.2) is 0 Å². The van der Waals surface area contributed by atoms with Crippen LogP contribution in [0.15, 0.2) is 12.3 Å². The van der Waals surface area contributed by atoms with Gasteiger partial charge in [0, 0.05) is 12.8 Å². The first-order valence-electron chi connectivity index (χ1n) is 4.57. The lowest BCUT2D eigenvalue weighted by Crippen LogP contribution is -3.10. The quantitative estimate of drug-likeness (QED) is 0.492. The fourth-order valence-electron chi connectivity index (χ4n) is 1.66. The van der Waals surface area contributed by atoms with Gasteiger partial charge in [0.1, 0.15) is 0 Å². The summed E-state index contributed by atoms with van der Waals surface area (Å²) in [5, 5.41) is 0. The van der Waals surface area contributed by atoms with Gasteiger partial charge >= 0.3 is 0 Å². The highest BCUT2D eigenvalue weighted by atomic mass is 35.5. The maximum atomic E-state index is 10.9. The van der Waals surface area contributed by atoms with Crippen molar-refractivity contribution in [3.63, 3.8) is 0 Å². The highest BCUT2D eigenvalue weighted by Gasteiger charge is 2.31. The Bertz CT molecular complexity index is 194. The molecule has 1 saturated heterocycles. The predicted octanol–water partition coefficient (Wildman–Crippen LogP) is -3.55. The van der Waals surface area contributed by atoms with Gasteiger partial charge in [-0.15, -0.1) is 0 Å². The van der Waals surface area contributed by atoms with Crippen molar-refractivity contribution in [1.82, 2.24) is 0 Å². The summed E-state index contributed by atoms with van der Waals surface area (Å²) < 4.78 is 0. The molecule has 0 spiro atoms. The third-order valence-electron chi connectivity index (χ3n) is 2.32. The Morgan fingerprint density at radius 2 is 2.38 bits per heavy atom. The second-order valence-electron chi connectivity index (χ2n) is 3.23. The second kappa shape index (κ2) is 6.00. The number of allylic oxidation sites excluding steroid dienone is 1. The van der Waals surface area contributed by atoms with Crippen molar-refractivity contribution in [2.75, 3.05) is 6.54 Å². The first-order valence-corrected chi connectivity index (χ1v) is 4.57. The SMILES string of the molecule is CC/C=C/[NH+]1CCC[C@H]1C(N)=O.[Cl-]. The lowest BCUT2D eigenvalue weighted by molar-refractivity contribution is -0.849. The number of rotatable bonds is 3. The number of halogens is 1. The number of likely N-dealkylation sites (tertiary alicyclic amines) is 1. The lowest BCUT2D eigenvalue weighted by Gasteiger charge is -2.13. The Balaban J connectivity index is 0.00000144. The van der Waals surface area contributed by atoms with Crippen LogP contribution in [-0.4, -0.2) is 18.5 Å². The highest BCUT2D eigenvalue weighted by Crippen LogP contribution is 1.98. The van der Waals surface area contributed by atoms with Crippen molar-refractivity contribution in [1.29, 1.82) is 0 Å². The van der Waals surface area contributed by atoms with E-state index >= 15 is 0 Å². The summed E-state index contributed by atoms with van der Waals surface area (Å²) >= 11 is 0. The van der Waals surface area contributed by atoms with Gasteiger partial charge in [-0.2, -0.15) is 0 Å². The number of carbonyl (C=O) groups is 1. The van der Waals surface area contributed by atoms with E-state index in [1.807, 2.05) is 0 Å². The van der Waals surface area contributed by atoms with Crippen molar-refractivity contribution >= 4 is 5.91 Å². The molecule has 1 aliphatic rings. The molecule has 4 heteroatoms. The Morgan fingerprint density at radius 1 is 1.69 bits per heavy atom. The van der Waals surface area contributed by atoms with Crippen LogP contribution in [0, 0.1) is 0 Å². The molecule has 2 atom stereocenters. The van der Waals surface area contributed by atoms with Crippen LogP contribution < -0.4 is 23.0 Å². The Kier molecular flexibility index (Phi) is 5.75. The summed E-state index contributed by atoms with van der Waals surface area (Å²) in [6.45, 7) is 3.13. The van der Waals surface area contributed by atoms with Gasteiger partial charge in [0.05, 0.1) is 12.7 Å². The van der Waals surface area contributed by atoms with Crippen LogP contribution in [-0.2, 0) is 4.79 Å². The Hall–Kier alpha value is -0.540. The van der Waals surface area contributed by atoms with E-state index < -0.39 is 0 Å². The third kappa shape index (κ3) is 3.36. The molecule has 1 unspecified atom stereocenters. The van der Waals surface area contributed by atoms with E-state index in [9.17, 15) is 4.79 Å². The van der Waals surface area contributed by atoms with Gasteiger partial charge in [-0.05, 0) is 12.5 Å². The molecule has 0 aromatic rings. The molecular formula is C9H17ClN2O. The molecule has 0 aromatic carbocycles. The van der Waals surface area contributed by atoms with Crippen LogP contribution in [0.3, 0.4) is 0 Å². The normalized spacial score (nSPS) is 27.5. The maximum absolute atomic E-state index is 10.9. The van der Waals surface area contributed by atoms with Crippen molar-refractivity contribution < 1.29 is 22.1 Å². The molecule has 1 fully saturated rings. The number of hydrogen-bond acceptors (Lipinski definition) is 1. The minimum Gasteiger partial charge on any atom is -1.00 e. The third-order valence-corrected chi connectivity index (χ3v) is 2.32. The number of hydrogen-bond donors (Lipinski definition) is 2. The van der Waals surface area contributed by atoms with Crippen molar-refractivity contribution in [2.24, 2.45) is 5.73 Å². The first kappa shape index (κ1) is 12.5. The molecule has 1 rings (SSSR count). The lowest BCUT2D eigenvalue weighted by atomic mass is 10.2. The molecule has 13 heavy (non-hydrogen) atoms. The Morgan fingerprint density at radius 3 is 2.92 bits per heavy atom. The van der Waals surface area contributed by atoms with E-state index in [2.05, 4.69) is 19.2 Å². The number of nitrogens with two attached hydrogens (primary N) is 1. The number of carbonyl (C=O) groups excluding carboxylic acids is 1. The monoisotopic (exact) mass is 204 g/mol. The first-order chi connectivity index (χ1) is 5.75. The van der Waals surface area contributed by atoms with E-state index in [1.54, 1.807) is 0 Å². The molecule has 0 bridgehead atoms. The molecule has 76 valence electrons. The molecule has 1 heterocycles. The van der Waals surface area contributed by atoms with Crippen LogP contribution in [0.25, 0.3) is 0 Å². The molecule has 3 N–H and O–H groups in total. The molecule has 1 amide bonds. The number of amides is 1. The van der Waals surface area contributed by atoms with Gasteiger partial charge in [0.15, 0.2) is 6.04 Å². The van der Waals surface area contributed by atoms with Crippen LogP contribution >= 0.6 is 0 Å². The van der Waals surface area contributed by atoms with Crippen LogP contribution in [0.1, 0.15) is 26.2 Å². The van der Waals surface area contributed by atoms with Crippen LogP contribution in [0.5, 0.6) is 0 Å². The molecule has 1 aliphatic heterocycles. The zero-order valence-corrected chi connectivity index (χ0v) is 8.68. The zero-order valence-electron chi connectivity index (χ0n) is 7.92. The summed E-state index contributed by atoms with van der Waals surface area (Å²) in [6, 6.07) is 0.0211. The molecule has 0 saturated carbocycles. The van der Waals surface area contributed by atoms with Crippen molar-refractivity contribution in [3.05, 3.63) is 12.3 Å². The fourth-order valence-corrected chi connectivity index (χ4v) is 1.66. The van der Waals surface area contributed by atoms with E-state index in [1.165, 1.54) is 4.90 Å². The minimum atomic E-state index is -0.164. The predicted molar refractivity (Wildman–Crippen MR) is 47.5 cm³/mol. The van der Waals surface area contributed by atoms with Crippen molar-refractivity contribution in [2.45, 2.75) is 32.2 Å². The summed E-state index contributed by atoms with van der Waals surface area (Å²) in [6.07, 6.45) is 7.24. The van der Waals surface area contributed by atoms with Gasteiger partial charge < -0.3 is 18.1 Å². The number of primary amides is 1. The number of nitrogens with one attached hydrogen (secondary N) is 1. The number of quaternary nitrogens is 1. The van der Waals surface area contributed by atoms with Gasteiger partial charge in [-0.1, -0.05) is 6.92 Å². The summed E-state index contributed by atoms with van der Waals surface area (Å²) in [5.74, 6) is -0.164. The molecule has 0 aliphatic carbocycles. The fraction of sp³-hybridized carbons (Fsp3) is 0.667. The summed E-state index contributed by atoms with van der Waals surface area (Å²) in [5.41, 5.74) is 5.27. The Labute approximate surface area is 85.4 Å². The van der Waals surface area contributed by atoms with E-state index in [-0.39, 0.29) is 24.4 Å². The van der Waals surface area contributed by atoms with E-state index in [4.69, 9.17) is 5.73 Å². The van der Waals surface area contributed by atoms with E-state index in [0.29, 0.717) is 0 Å². The van der Waals surface area contributed by atoms with Crippen LogP contribution in [0.2, 0.25) is 0 Å². The smallest absolute Gasteiger partial charge is 0.276 e.